The molecular weight excluding hydrogens is 318 g/mol. The van der Waals surface area contributed by atoms with Gasteiger partial charge in [-0.05, 0) is 42.1 Å². The van der Waals surface area contributed by atoms with Crippen LogP contribution in [0.15, 0.2) is 47.5 Å². The molecule has 3 rings (SSSR count). The summed E-state index contributed by atoms with van der Waals surface area (Å²) in [5.74, 6) is 0.773. The second-order valence-corrected chi connectivity index (χ2v) is 6.77. The topological polar surface area (TPSA) is 45.5 Å². The fourth-order valence-electron chi connectivity index (χ4n) is 2.53. The van der Waals surface area contributed by atoms with Crippen LogP contribution in [0.4, 0.5) is 5.95 Å². The summed E-state index contributed by atoms with van der Waals surface area (Å²) < 4.78 is 4.33. The number of nitrogens with zero attached hydrogens (tertiary/aromatic N) is 4. The van der Waals surface area contributed by atoms with Gasteiger partial charge in [0.2, 0.25) is 5.95 Å². The van der Waals surface area contributed by atoms with Gasteiger partial charge in [-0.25, -0.2) is 4.31 Å². The maximum atomic E-state index is 4.28. The van der Waals surface area contributed by atoms with Gasteiger partial charge < -0.3 is 5.32 Å². The van der Waals surface area contributed by atoms with Crippen molar-refractivity contribution in [2.45, 2.75) is 32.2 Å². The van der Waals surface area contributed by atoms with Gasteiger partial charge in [0.25, 0.3) is 0 Å². The standard InChI is InChI=1S/C18H23N5S/c1-4-22(5-2)24-16-10-11-17-20-21-18(23(17)13-16)19-12-15-9-7-6-8-14(15)3/h6-11,13H,4-5,12H2,1-3H3,(H,19,21). The molecule has 2 heterocycles. The fourth-order valence-corrected chi connectivity index (χ4v) is 3.37. The van der Waals surface area contributed by atoms with Crippen LogP contribution in [0.3, 0.4) is 0 Å². The first-order valence-corrected chi connectivity index (χ1v) is 9.04. The summed E-state index contributed by atoms with van der Waals surface area (Å²) in [7, 11) is 0. The third kappa shape index (κ3) is 3.71. The molecule has 6 heteroatoms. The van der Waals surface area contributed by atoms with Crippen LogP contribution in [0, 0.1) is 6.92 Å². The van der Waals surface area contributed by atoms with Crippen LogP contribution in [-0.4, -0.2) is 32.0 Å². The lowest BCUT2D eigenvalue weighted by molar-refractivity contribution is 0.525. The lowest BCUT2D eigenvalue weighted by Gasteiger charge is -2.16. The first-order valence-electron chi connectivity index (χ1n) is 8.27. The van der Waals surface area contributed by atoms with Gasteiger partial charge in [-0.2, -0.15) is 0 Å². The molecule has 24 heavy (non-hydrogen) atoms. The van der Waals surface area contributed by atoms with Crippen molar-refractivity contribution >= 4 is 23.5 Å². The Bertz CT molecular complexity index is 810. The maximum absolute atomic E-state index is 4.28. The van der Waals surface area contributed by atoms with Gasteiger partial charge in [0.1, 0.15) is 0 Å². The van der Waals surface area contributed by atoms with Crippen LogP contribution in [-0.2, 0) is 6.54 Å². The highest BCUT2D eigenvalue weighted by Gasteiger charge is 2.08. The number of nitrogens with one attached hydrogen (secondary N) is 1. The summed E-state index contributed by atoms with van der Waals surface area (Å²) in [5.41, 5.74) is 3.39. The Hall–Kier alpha value is -2.05. The molecule has 0 bridgehead atoms. The molecule has 2 aromatic heterocycles. The maximum Gasteiger partial charge on any atom is 0.229 e. The number of aromatic nitrogens is 3. The predicted molar refractivity (Wildman–Crippen MR) is 100 cm³/mol. The molecule has 5 nitrogen and oxygen atoms in total. The van der Waals surface area contributed by atoms with E-state index in [1.54, 1.807) is 11.9 Å². The Morgan fingerprint density at radius 3 is 2.62 bits per heavy atom. The van der Waals surface area contributed by atoms with E-state index >= 15 is 0 Å². The first kappa shape index (κ1) is 16.8. The van der Waals surface area contributed by atoms with Crippen LogP contribution in [0.2, 0.25) is 0 Å². The molecule has 0 aliphatic carbocycles. The number of hydrogen-bond acceptors (Lipinski definition) is 5. The van der Waals surface area contributed by atoms with Crippen LogP contribution in [0.1, 0.15) is 25.0 Å². The molecule has 0 aliphatic rings. The number of hydrogen-bond donors (Lipinski definition) is 1. The molecule has 0 fully saturated rings. The van der Waals surface area contributed by atoms with Crippen LogP contribution in [0.25, 0.3) is 5.65 Å². The molecule has 1 N–H and O–H groups in total. The Balaban J connectivity index is 1.79. The van der Waals surface area contributed by atoms with E-state index in [4.69, 9.17) is 0 Å². The van der Waals surface area contributed by atoms with Crippen LogP contribution >= 0.6 is 11.9 Å². The van der Waals surface area contributed by atoms with Gasteiger partial charge in [-0.15, -0.1) is 10.2 Å². The summed E-state index contributed by atoms with van der Waals surface area (Å²) >= 11 is 1.76. The summed E-state index contributed by atoms with van der Waals surface area (Å²) in [4.78, 5) is 1.19. The highest BCUT2D eigenvalue weighted by Crippen LogP contribution is 2.23. The minimum absolute atomic E-state index is 0.737. The number of anilines is 1. The smallest absolute Gasteiger partial charge is 0.229 e. The zero-order chi connectivity index (χ0) is 16.9. The zero-order valence-electron chi connectivity index (χ0n) is 14.4. The lowest BCUT2D eigenvalue weighted by atomic mass is 10.1. The van der Waals surface area contributed by atoms with Crippen LogP contribution < -0.4 is 5.32 Å². The highest BCUT2D eigenvalue weighted by atomic mass is 32.2. The molecule has 0 saturated heterocycles. The monoisotopic (exact) mass is 341 g/mol. The first-order chi connectivity index (χ1) is 11.7. The second-order valence-electron chi connectivity index (χ2n) is 5.60. The second kappa shape index (κ2) is 7.68. The molecule has 126 valence electrons. The summed E-state index contributed by atoms with van der Waals surface area (Å²) in [5, 5.41) is 11.9. The summed E-state index contributed by atoms with van der Waals surface area (Å²) in [6.45, 7) is 9.23. The molecule has 0 atom stereocenters. The van der Waals surface area contributed by atoms with Gasteiger partial charge in [0.15, 0.2) is 5.65 Å². The van der Waals surface area contributed by atoms with Gasteiger partial charge in [0.05, 0.1) is 0 Å². The van der Waals surface area contributed by atoms with E-state index in [1.807, 2.05) is 10.5 Å². The van der Waals surface area contributed by atoms with Gasteiger partial charge in [-0.1, -0.05) is 38.1 Å². The van der Waals surface area contributed by atoms with Gasteiger partial charge in [-0.3, -0.25) is 4.40 Å². The Labute approximate surface area is 147 Å². The predicted octanol–water partition coefficient (Wildman–Crippen LogP) is 4.00. The van der Waals surface area contributed by atoms with E-state index in [9.17, 15) is 0 Å². The Morgan fingerprint density at radius 2 is 1.88 bits per heavy atom. The van der Waals surface area contributed by atoms with Crippen molar-refractivity contribution in [2.24, 2.45) is 0 Å². The van der Waals surface area contributed by atoms with Gasteiger partial charge in [0, 0.05) is 30.7 Å². The minimum Gasteiger partial charge on any atom is -0.350 e. The average molecular weight is 341 g/mol. The quantitative estimate of drug-likeness (QED) is 0.658. The van der Waals surface area contributed by atoms with E-state index < -0.39 is 0 Å². The van der Waals surface area contributed by atoms with E-state index in [0.717, 1.165) is 31.2 Å². The SMILES string of the molecule is CCN(CC)Sc1ccc2nnc(NCc3ccccc3C)n2c1. The largest absolute Gasteiger partial charge is 0.350 e. The van der Waals surface area contributed by atoms with Crippen LogP contribution in [0.5, 0.6) is 0 Å². The van der Waals surface area contributed by atoms with Crippen molar-refractivity contribution in [3.63, 3.8) is 0 Å². The highest BCUT2D eigenvalue weighted by molar-refractivity contribution is 7.97. The molecule has 0 unspecified atom stereocenters. The van der Waals surface area contributed by atoms with E-state index in [2.05, 4.69) is 77.1 Å². The normalized spacial score (nSPS) is 11.3. The molecule has 1 aromatic carbocycles. The molecule has 0 radical (unpaired) electrons. The number of fused-ring (bicyclic) bond motifs is 1. The van der Waals surface area contributed by atoms with E-state index in [1.165, 1.54) is 16.0 Å². The molecule has 0 spiro atoms. The lowest BCUT2D eigenvalue weighted by Crippen LogP contribution is -2.13. The van der Waals surface area contributed by atoms with Crippen molar-refractivity contribution in [1.29, 1.82) is 0 Å². The average Bonchev–Trinajstić information content (AvgIpc) is 3.01. The minimum atomic E-state index is 0.737. The molecule has 0 amide bonds. The number of aryl methyl sites for hydroxylation is 1. The van der Waals surface area contributed by atoms with E-state index in [0.29, 0.717) is 0 Å². The summed E-state index contributed by atoms with van der Waals surface area (Å²) in [6.07, 6.45) is 2.10. The molecule has 0 aliphatic heterocycles. The summed E-state index contributed by atoms with van der Waals surface area (Å²) in [6, 6.07) is 12.5. The van der Waals surface area contributed by atoms with Gasteiger partial charge >= 0.3 is 0 Å². The van der Waals surface area contributed by atoms with Crippen molar-refractivity contribution in [1.82, 2.24) is 18.9 Å². The zero-order valence-corrected chi connectivity index (χ0v) is 15.2. The Morgan fingerprint density at radius 1 is 1.08 bits per heavy atom. The number of pyridine rings is 1. The van der Waals surface area contributed by atoms with Crippen molar-refractivity contribution in [2.75, 3.05) is 18.4 Å². The molecular formula is C18H23N5S. The number of rotatable bonds is 7. The molecule has 0 saturated carbocycles. The molecule has 3 aromatic rings. The van der Waals surface area contributed by atoms with E-state index in [-0.39, 0.29) is 0 Å². The Kier molecular flexibility index (Phi) is 5.37. The van der Waals surface area contributed by atoms with Crippen molar-refractivity contribution in [3.8, 4) is 0 Å². The third-order valence-corrected chi connectivity index (χ3v) is 5.24. The third-order valence-electron chi connectivity index (χ3n) is 4.01. The fraction of sp³-hybridized carbons (Fsp3) is 0.333. The van der Waals surface area contributed by atoms with Crippen molar-refractivity contribution < 1.29 is 0 Å². The van der Waals surface area contributed by atoms with Crippen molar-refractivity contribution in [3.05, 3.63) is 53.7 Å². The number of benzene rings is 1.